The number of nitriles is 1. The van der Waals surface area contributed by atoms with E-state index in [2.05, 4.69) is 36.4 Å². The van der Waals surface area contributed by atoms with Crippen molar-refractivity contribution >= 4 is 10.8 Å². The fraction of sp³-hybridized carbons (Fsp3) is 0.269. The molecule has 0 spiro atoms. The third-order valence-corrected chi connectivity index (χ3v) is 8.33. The first-order valence-corrected chi connectivity index (χ1v) is 11.6. The minimum atomic E-state index is -1.23. The molecule has 0 amide bonds. The predicted octanol–water partition coefficient (Wildman–Crippen LogP) is 5.88. The summed E-state index contributed by atoms with van der Waals surface area (Å²) < 4.78 is 19.9. The number of benzene rings is 3. The molecule has 0 bridgehead atoms. The van der Waals surface area contributed by atoms with Crippen LogP contribution in [0.15, 0.2) is 64.4 Å². The maximum Gasteiger partial charge on any atom is 0.125 e. The van der Waals surface area contributed by atoms with Crippen molar-refractivity contribution in [2.75, 3.05) is 0 Å². The molecule has 6 rings (SSSR count). The van der Waals surface area contributed by atoms with E-state index in [0.717, 1.165) is 50.1 Å². The van der Waals surface area contributed by atoms with Crippen LogP contribution in [0.3, 0.4) is 0 Å². The molecule has 3 unspecified atom stereocenters. The van der Waals surface area contributed by atoms with Crippen LogP contribution in [0, 0.1) is 18.3 Å². The lowest BCUT2D eigenvalue weighted by molar-refractivity contribution is 0.203. The quantitative estimate of drug-likeness (QED) is 0.541. The normalized spacial score (nSPS) is 23.4. The van der Waals surface area contributed by atoms with Crippen LogP contribution in [-0.2, 0) is 10.8 Å². The minimum Gasteiger partial charge on any atom is -0.486 e. The van der Waals surface area contributed by atoms with Crippen LogP contribution in [0.4, 0.5) is 0 Å². The average molecular weight is 412 g/mol. The Bertz CT molecular complexity index is 1250. The summed E-state index contributed by atoms with van der Waals surface area (Å²) >= 11 is 0. The number of aryl methyl sites for hydroxylation is 1. The van der Waals surface area contributed by atoms with Crippen molar-refractivity contribution in [3.63, 3.8) is 0 Å². The fourth-order valence-corrected chi connectivity index (χ4v) is 6.77. The summed E-state index contributed by atoms with van der Waals surface area (Å²) in [5.41, 5.74) is 6.25. The predicted molar refractivity (Wildman–Crippen MR) is 115 cm³/mol. The van der Waals surface area contributed by atoms with Gasteiger partial charge in [-0.3, -0.25) is 0 Å². The Morgan fingerprint density at radius 3 is 2.60 bits per heavy atom. The topological polar surface area (TPSA) is 50.1 Å². The zero-order chi connectivity index (χ0) is 20.4. The molecule has 1 heterocycles. The van der Waals surface area contributed by atoms with E-state index in [1.54, 1.807) is 0 Å². The second kappa shape index (κ2) is 6.55. The van der Waals surface area contributed by atoms with Gasteiger partial charge in [-0.15, -0.1) is 0 Å². The molecule has 3 aliphatic rings. The van der Waals surface area contributed by atoms with Crippen molar-refractivity contribution in [2.45, 2.75) is 53.9 Å². The van der Waals surface area contributed by atoms with Gasteiger partial charge in [-0.1, -0.05) is 24.3 Å². The van der Waals surface area contributed by atoms with Crippen LogP contribution >= 0.6 is 0 Å². The van der Waals surface area contributed by atoms with E-state index in [9.17, 15) is 9.47 Å². The van der Waals surface area contributed by atoms with Gasteiger partial charge in [-0.2, -0.15) is 5.26 Å². The molecule has 30 heavy (non-hydrogen) atoms. The van der Waals surface area contributed by atoms with E-state index in [1.807, 2.05) is 31.2 Å². The summed E-state index contributed by atoms with van der Waals surface area (Å²) in [6.07, 6.45) is 3.31. The summed E-state index contributed by atoms with van der Waals surface area (Å²) in [7, 11) is -1.23. The van der Waals surface area contributed by atoms with E-state index >= 15 is 0 Å². The van der Waals surface area contributed by atoms with Crippen molar-refractivity contribution in [1.82, 2.24) is 0 Å². The van der Waals surface area contributed by atoms with E-state index in [-0.39, 0.29) is 12.0 Å². The standard InChI is InChI=1S/C26H21NO2S/c1-15-11-16(14-27)12-22-21-13-23(29-19-9-7-18(8-10-19)17-5-6-17)20-3-2-4-24(25(20)21)30(28)26(15)22/h2-4,7-12,17,21,23H,5-6,13H2,1H3. The summed E-state index contributed by atoms with van der Waals surface area (Å²) in [5.74, 6) is 1.73. The first-order valence-electron chi connectivity index (χ1n) is 10.5. The van der Waals surface area contributed by atoms with Gasteiger partial charge in [0.1, 0.15) is 11.9 Å². The van der Waals surface area contributed by atoms with Crippen molar-refractivity contribution < 1.29 is 8.95 Å². The molecular weight excluding hydrogens is 390 g/mol. The van der Waals surface area contributed by atoms with Gasteiger partial charge < -0.3 is 4.74 Å². The van der Waals surface area contributed by atoms with Crippen molar-refractivity contribution in [3.8, 4) is 11.8 Å². The molecule has 148 valence electrons. The maximum atomic E-state index is 13.4. The van der Waals surface area contributed by atoms with Gasteiger partial charge >= 0.3 is 0 Å². The molecule has 1 aliphatic heterocycles. The minimum absolute atomic E-state index is 0.0780. The molecule has 1 saturated carbocycles. The summed E-state index contributed by atoms with van der Waals surface area (Å²) in [6, 6.07) is 20.6. The Labute approximate surface area is 178 Å². The monoisotopic (exact) mass is 411 g/mol. The van der Waals surface area contributed by atoms with E-state index in [0.29, 0.717) is 5.56 Å². The Balaban J connectivity index is 1.41. The zero-order valence-electron chi connectivity index (χ0n) is 16.7. The first-order chi connectivity index (χ1) is 14.6. The number of ether oxygens (including phenoxy) is 1. The Morgan fingerprint density at radius 1 is 1.07 bits per heavy atom. The van der Waals surface area contributed by atoms with Gasteiger partial charge in [0.15, 0.2) is 0 Å². The number of fused-ring (bicyclic) bond motifs is 2. The van der Waals surface area contributed by atoms with Gasteiger partial charge in [0.2, 0.25) is 0 Å². The maximum absolute atomic E-state index is 13.4. The van der Waals surface area contributed by atoms with Gasteiger partial charge in [-0.05, 0) is 90.3 Å². The second-order valence-electron chi connectivity index (χ2n) is 8.59. The molecule has 4 heteroatoms. The van der Waals surface area contributed by atoms with Crippen molar-refractivity contribution in [1.29, 1.82) is 5.26 Å². The Hall–Kier alpha value is -2.90. The highest BCUT2D eigenvalue weighted by Crippen LogP contribution is 2.53. The largest absolute Gasteiger partial charge is 0.486 e. The lowest BCUT2D eigenvalue weighted by Gasteiger charge is -2.26. The Morgan fingerprint density at radius 2 is 1.87 bits per heavy atom. The summed E-state index contributed by atoms with van der Waals surface area (Å²) in [4.78, 5) is 1.77. The van der Waals surface area contributed by atoms with Crippen LogP contribution < -0.4 is 4.74 Å². The van der Waals surface area contributed by atoms with E-state index in [1.165, 1.54) is 18.4 Å². The number of hydrogen-bond acceptors (Lipinski definition) is 3. The van der Waals surface area contributed by atoms with Gasteiger partial charge in [0.05, 0.1) is 27.3 Å². The molecule has 0 N–H and O–H groups in total. The second-order valence-corrected chi connectivity index (χ2v) is 9.97. The Kier molecular flexibility index (Phi) is 3.91. The van der Waals surface area contributed by atoms with Crippen molar-refractivity contribution in [3.05, 3.63) is 88.0 Å². The van der Waals surface area contributed by atoms with Crippen molar-refractivity contribution in [2.24, 2.45) is 0 Å². The van der Waals surface area contributed by atoms with Crippen LogP contribution in [0.1, 0.15) is 70.6 Å². The number of rotatable bonds is 3. The molecule has 1 fully saturated rings. The molecule has 3 atom stereocenters. The van der Waals surface area contributed by atoms with Crippen LogP contribution in [0.5, 0.6) is 5.75 Å². The smallest absolute Gasteiger partial charge is 0.125 e. The molecule has 3 aromatic rings. The molecule has 0 saturated heterocycles. The summed E-state index contributed by atoms with van der Waals surface area (Å²) in [5, 5.41) is 9.46. The zero-order valence-corrected chi connectivity index (χ0v) is 17.5. The fourth-order valence-electron chi connectivity index (χ4n) is 5.12. The van der Waals surface area contributed by atoms with Crippen LogP contribution in [0.2, 0.25) is 0 Å². The van der Waals surface area contributed by atoms with E-state index in [4.69, 9.17) is 4.74 Å². The first kappa shape index (κ1) is 17.9. The molecule has 3 aromatic carbocycles. The average Bonchev–Trinajstić information content (AvgIpc) is 3.55. The van der Waals surface area contributed by atoms with Gasteiger partial charge in [-0.25, -0.2) is 4.21 Å². The highest BCUT2D eigenvalue weighted by molar-refractivity contribution is 7.85. The number of nitrogens with zero attached hydrogens (tertiary/aromatic N) is 1. The highest BCUT2D eigenvalue weighted by Gasteiger charge is 2.42. The molecule has 2 aliphatic carbocycles. The van der Waals surface area contributed by atoms with Gasteiger partial charge in [0.25, 0.3) is 0 Å². The van der Waals surface area contributed by atoms with Crippen LogP contribution in [0.25, 0.3) is 0 Å². The lowest BCUT2D eigenvalue weighted by atomic mass is 9.90. The van der Waals surface area contributed by atoms with Crippen LogP contribution in [-0.4, -0.2) is 4.21 Å². The SMILES string of the molecule is Cc1cc(C#N)cc2c1S(=O)c1cccc3c1C2CC3Oc1ccc(C2CC2)cc1. The third-order valence-electron chi connectivity index (χ3n) is 6.65. The molecule has 3 nitrogen and oxygen atoms in total. The molecule has 0 aromatic heterocycles. The molecule has 0 radical (unpaired) electrons. The third kappa shape index (κ3) is 2.66. The molecular formula is C26H21NO2S. The van der Waals surface area contributed by atoms with E-state index < -0.39 is 10.8 Å². The van der Waals surface area contributed by atoms with Gasteiger partial charge in [0, 0.05) is 10.8 Å². The number of hydrogen-bond donors (Lipinski definition) is 0. The lowest BCUT2D eigenvalue weighted by Crippen LogP contribution is -2.14. The summed E-state index contributed by atoms with van der Waals surface area (Å²) in [6.45, 7) is 1.96. The highest BCUT2D eigenvalue weighted by atomic mass is 32.2.